The maximum atomic E-state index is 10.9. The highest BCUT2D eigenvalue weighted by Crippen LogP contribution is 2.19. The van der Waals surface area contributed by atoms with E-state index in [1.807, 2.05) is 13.8 Å². The summed E-state index contributed by atoms with van der Waals surface area (Å²) in [6.45, 7) is 5.80. The Balaban J connectivity index is 2.62. The van der Waals surface area contributed by atoms with Crippen molar-refractivity contribution in [2.75, 3.05) is 6.61 Å². The van der Waals surface area contributed by atoms with Crippen LogP contribution in [0.5, 0.6) is 5.75 Å². The average molecular weight is 237 g/mol. The highest BCUT2D eigenvalue weighted by atomic mass is 16.5. The summed E-state index contributed by atoms with van der Waals surface area (Å²) in [5.74, 6) is 0.244. The second kappa shape index (κ2) is 5.19. The number of aliphatic hydroxyl groups is 1. The van der Waals surface area contributed by atoms with Crippen LogP contribution in [0.15, 0.2) is 24.3 Å². The molecule has 0 aliphatic rings. The number of ether oxygens (including phenoxy) is 1. The number of benzene rings is 1. The Morgan fingerprint density at radius 1 is 1.41 bits per heavy atom. The lowest BCUT2D eigenvalue weighted by molar-refractivity contribution is -0.0266. The fourth-order valence-corrected chi connectivity index (χ4v) is 1.11. The Morgan fingerprint density at radius 3 is 2.35 bits per heavy atom. The van der Waals surface area contributed by atoms with Crippen molar-refractivity contribution in [3.8, 4) is 5.75 Å². The summed E-state index contributed by atoms with van der Waals surface area (Å²) >= 11 is 0. The second-order valence-electron chi connectivity index (χ2n) is 4.69. The summed E-state index contributed by atoms with van der Waals surface area (Å²) in [6, 6.07) is 6.52. The van der Waals surface area contributed by atoms with Crippen molar-refractivity contribution in [3.05, 3.63) is 29.8 Å². The van der Waals surface area contributed by atoms with Gasteiger partial charge in [0.2, 0.25) is 5.91 Å². The number of hydrogen-bond donors (Lipinski definition) is 2. The van der Waals surface area contributed by atoms with E-state index in [0.29, 0.717) is 11.3 Å². The van der Waals surface area contributed by atoms with Crippen LogP contribution < -0.4 is 10.5 Å². The summed E-state index contributed by atoms with van der Waals surface area (Å²) in [5, 5.41) is 10.00. The highest BCUT2D eigenvalue weighted by molar-refractivity contribution is 5.92. The Kier molecular flexibility index (Phi) is 4.12. The lowest BCUT2D eigenvalue weighted by atomic mass is 9.94. The molecule has 1 rings (SSSR count). The van der Waals surface area contributed by atoms with Gasteiger partial charge in [0.05, 0.1) is 5.60 Å². The van der Waals surface area contributed by atoms with Crippen molar-refractivity contribution in [1.29, 1.82) is 0 Å². The van der Waals surface area contributed by atoms with Crippen LogP contribution in [0.2, 0.25) is 0 Å². The molecule has 1 amide bonds. The predicted molar refractivity (Wildman–Crippen MR) is 65.9 cm³/mol. The zero-order valence-corrected chi connectivity index (χ0v) is 10.4. The van der Waals surface area contributed by atoms with Crippen molar-refractivity contribution < 1.29 is 14.6 Å². The standard InChI is InChI=1S/C13H19NO3/c1-9(2)13(3,16)8-17-11-6-4-10(5-7-11)12(14)15/h4-7,9,16H,8H2,1-3H3,(H2,14,15). The van der Waals surface area contributed by atoms with Gasteiger partial charge in [-0.2, -0.15) is 0 Å². The molecular weight excluding hydrogens is 218 g/mol. The summed E-state index contributed by atoms with van der Waals surface area (Å²) in [7, 11) is 0. The van der Waals surface area contributed by atoms with Crippen LogP contribution in [0.1, 0.15) is 31.1 Å². The smallest absolute Gasteiger partial charge is 0.248 e. The third-order valence-electron chi connectivity index (χ3n) is 2.91. The van der Waals surface area contributed by atoms with E-state index in [4.69, 9.17) is 10.5 Å². The van der Waals surface area contributed by atoms with Crippen molar-refractivity contribution in [1.82, 2.24) is 0 Å². The van der Waals surface area contributed by atoms with Gasteiger partial charge in [-0.15, -0.1) is 0 Å². The van der Waals surface area contributed by atoms with Crippen LogP contribution >= 0.6 is 0 Å². The molecule has 1 aromatic rings. The Hall–Kier alpha value is -1.55. The zero-order valence-electron chi connectivity index (χ0n) is 10.4. The Bertz CT molecular complexity index is 382. The van der Waals surface area contributed by atoms with Crippen LogP contribution in [0.3, 0.4) is 0 Å². The fourth-order valence-electron chi connectivity index (χ4n) is 1.11. The molecule has 17 heavy (non-hydrogen) atoms. The molecule has 0 saturated heterocycles. The quantitative estimate of drug-likeness (QED) is 0.816. The lowest BCUT2D eigenvalue weighted by Crippen LogP contribution is -2.37. The van der Waals surface area contributed by atoms with Crippen molar-refractivity contribution in [2.24, 2.45) is 11.7 Å². The molecule has 0 spiro atoms. The monoisotopic (exact) mass is 237 g/mol. The molecule has 1 unspecified atom stereocenters. The van der Waals surface area contributed by atoms with Crippen molar-refractivity contribution >= 4 is 5.91 Å². The first-order chi connectivity index (χ1) is 7.83. The van der Waals surface area contributed by atoms with E-state index in [1.165, 1.54) is 0 Å². The third-order valence-corrected chi connectivity index (χ3v) is 2.91. The van der Waals surface area contributed by atoms with E-state index in [0.717, 1.165) is 0 Å². The van der Waals surface area contributed by atoms with Crippen molar-refractivity contribution in [2.45, 2.75) is 26.4 Å². The molecule has 4 heteroatoms. The second-order valence-corrected chi connectivity index (χ2v) is 4.69. The van der Waals surface area contributed by atoms with E-state index in [2.05, 4.69) is 0 Å². The lowest BCUT2D eigenvalue weighted by Gasteiger charge is -2.27. The van der Waals surface area contributed by atoms with E-state index >= 15 is 0 Å². The van der Waals surface area contributed by atoms with E-state index in [9.17, 15) is 9.90 Å². The van der Waals surface area contributed by atoms with Gasteiger partial charge in [0, 0.05) is 5.56 Å². The van der Waals surface area contributed by atoms with Gasteiger partial charge >= 0.3 is 0 Å². The summed E-state index contributed by atoms with van der Waals surface area (Å²) in [5.41, 5.74) is 4.69. The minimum absolute atomic E-state index is 0.104. The number of amides is 1. The van der Waals surface area contributed by atoms with Gasteiger partial charge in [0.15, 0.2) is 0 Å². The average Bonchev–Trinajstić information content (AvgIpc) is 2.27. The fraction of sp³-hybridized carbons (Fsp3) is 0.462. The number of rotatable bonds is 5. The zero-order chi connectivity index (χ0) is 13.1. The maximum Gasteiger partial charge on any atom is 0.248 e. The topological polar surface area (TPSA) is 72.6 Å². The molecule has 1 atom stereocenters. The van der Waals surface area contributed by atoms with Crippen LogP contribution in [-0.2, 0) is 0 Å². The van der Waals surface area contributed by atoms with Gasteiger partial charge in [0.1, 0.15) is 12.4 Å². The predicted octanol–water partition coefficient (Wildman–Crippen LogP) is 1.57. The number of carbonyl (C=O) groups excluding carboxylic acids is 1. The molecule has 0 saturated carbocycles. The van der Waals surface area contributed by atoms with Crippen LogP contribution in [0.25, 0.3) is 0 Å². The molecule has 0 aliphatic heterocycles. The summed E-state index contributed by atoms with van der Waals surface area (Å²) in [4.78, 5) is 10.9. The summed E-state index contributed by atoms with van der Waals surface area (Å²) in [6.07, 6.45) is 0. The third kappa shape index (κ3) is 3.75. The highest BCUT2D eigenvalue weighted by Gasteiger charge is 2.25. The molecular formula is C13H19NO3. The molecule has 0 aromatic heterocycles. The molecule has 0 radical (unpaired) electrons. The molecule has 0 aliphatic carbocycles. The number of carbonyl (C=O) groups is 1. The first-order valence-corrected chi connectivity index (χ1v) is 5.58. The first-order valence-electron chi connectivity index (χ1n) is 5.58. The molecule has 94 valence electrons. The van der Waals surface area contributed by atoms with E-state index < -0.39 is 11.5 Å². The number of primary amides is 1. The normalized spacial score (nSPS) is 14.4. The van der Waals surface area contributed by atoms with Gasteiger partial charge in [0.25, 0.3) is 0 Å². The van der Waals surface area contributed by atoms with Crippen molar-refractivity contribution in [3.63, 3.8) is 0 Å². The van der Waals surface area contributed by atoms with Gasteiger partial charge in [-0.05, 0) is 37.1 Å². The molecule has 1 aromatic carbocycles. The largest absolute Gasteiger partial charge is 0.491 e. The minimum atomic E-state index is -0.873. The minimum Gasteiger partial charge on any atom is -0.491 e. The number of hydrogen-bond acceptors (Lipinski definition) is 3. The van der Waals surface area contributed by atoms with Gasteiger partial charge in [-0.1, -0.05) is 13.8 Å². The number of nitrogens with two attached hydrogens (primary N) is 1. The van der Waals surface area contributed by atoms with E-state index in [-0.39, 0.29) is 12.5 Å². The van der Waals surface area contributed by atoms with Gasteiger partial charge in [-0.3, -0.25) is 4.79 Å². The Labute approximate surface area is 101 Å². The molecule has 4 nitrogen and oxygen atoms in total. The summed E-state index contributed by atoms with van der Waals surface area (Å²) < 4.78 is 5.46. The first kappa shape index (κ1) is 13.5. The van der Waals surface area contributed by atoms with Gasteiger partial charge < -0.3 is 15.6 Å². The SMILES string of the molecule is CC(C)C(C)(O)COc1ccc(C(N)=O)cc1. The van der Waals surface area contributed by atoms with Crippen LogP contribution in [-0.4, -0.2) is 23.2 Å². The van der Waals surface area contributed by atoms with Crippen LogP contribution in [0, 0.1) is 5.92 Å². The maximum absolute atomic E-state index is 10.9. The molecule has 0 heterocycles. The van der Waals surface area contributed by atoms with Gasteiger partial charge in [-0.25, -0.2) is 0 Å². The van der Waals surface area contributed by atoms with E-state index in [1.54, 1.807) is 31.2 Å². The molecule has 0 fully saturated rings. The van der Waals surface area contributed by atoms with Crippen LogP contribution in [0.4, 0.5) is 0 Å². The molecule has 0 bridgehead atoms. The molecule has 3 N–H and O–H groups in total. The Morgan fingerprint density at radius 2 is 1.94 bits per heavy atom.